The third-order valence-electron chi connectivity index (χ3n) is 4.04. The Morgan fingerprint density at radius 1 is 1.19 bits per heavy atom. The Morgan fingerprint density at radius 3 is 2.38 bits per heavy atom. The molecule has 0 aromatic heterocycles. The number of nitrogens with one attached hydrogen (secondary N) is 2. The molecule has 0 aliphatic heterocycles. The number of carbonyl (C=O) groups excluding carboxylic acids is 1. The molecule has 1 aromatic carbocycles. The Kier molecular flexibility index (Phi) is 12.0. The minimum atomic E-state index is -0.644. The molecule has 0 saturated heterocycles. The van der Waals surface area contributed by atoms with Crippen molar-refractivity contribution in [3.8, 4) is 0 Å². The Hall–Kier alpha value is -1.51. The molecule has 1 rings (SSSR count). The van der Waals surface area contributed by atoms with E-state index in [9.17, 15) is 4.79 Å². The van der Waals surface area contributed by atoms with Gasteiger partial charge in [-0.15, -0.1) is 24.0 Å². The van der Waals surface area contributed by atoms with Gasteiger partial charge in [0, 0.05) is 31.9 Å². The number of amides is 1. The molecule has 6 nitrogen and oxygen atoms in total. The van der Waals surface area contributed by atoms with Crippen LogP contribution in [-0.2, 0) is 4.79 Å². The topological polar surface area (TPSA) is 82.7 Å². The normalized spacial score (nSPS) is 11.5. The number of carbonyl (C=O) groups is 1. The van der Waals surface area contributed by atoms with Crippen LogP contribution >= 0.6 is 24.0 Å². The molecule has 0 aliphatic carbocycles. The quantitative estimate of drug-likeness (QED) is 0.210. The number of nitrogens with zero attached hydrogens (tertiary/aromatic N) is 2. The summed E-state index contributed by atoms with van der Waals surface area (Å²) in [7, 11) is 0. The summed E-state index contributed by atoms with van der Waals surface area (Å²) in [4.78, 5) is 18.2. The van der Waals surface area contributed by atoms with E-state index in [0.717, 1.165) is 38.6 Å². The second-order valence-electron chi connectivity index (χ2n) is 6.64. The largest absolute Gasteiger partial charge is 0.372 e. The van der Waals surface area contributed by atoms with Crippen LogP contribution in [0.3, 0.4) is 0 Å². The summed E-state index contributed by atoms with van der Waals surface area (Å²) in [5.74, 6) is 0.383. The maximum atomic E-state index is 11.4. The van der Waals surface area contributed by atoms with Gasteiger partial charge in [-0.3, -0.25) is 9.79 Å². The zero-order chi connectivity index (χ0) is 18.7. The van der Waals surface area contributed by atoms with Crippen LogP contribution in [0, 0.1) is 5.41 Å². The molecule has 0 bridgehead atoms. The second-order valence-corrected chi connectivity index (χ2v) is 6.64. The smallest absolute Gasteiger partial charge is 0.224 e. The van der Waals surface area contributed by atoms with Crippen LogP contribution in [0.1, 0.15) is 34.1 Å². The monoisotopic (exact) mass is 475 g/mol. The molecular formula is C19H34IN5O. The number of rotatable bonds is 10. The minimum Gasteiger partial charge on any atom is -0.372 e. The van der Waals surface area contributed by atoms with E-state index < -0.39 is 5.41 Å². The molecule has 1 aromatic rings. The molecule has 4 N–H and O–H groups in total. The highest BCUT2D eigenvalue weighted by molar-refractivity contribution is 14.0. The van der Waals surface area contributed by atoms with Crippen molar-refractivity contribution in [1.29, 1.82) is 0 Å². The lowest BCUT2D eigenvalue weighted by Crippen LogP contribution is -2.41. The number of primary amides is 1. The number of hydrogen-bond donors (Lipinski definition) is 3. The molecule has 0 unspecified atom stereocenters. The number of anilines is 1. The Balaban J connectivity index is 0.00000625. The van der Waals surface area contributed by atoms with Crippen LogP contribution in [0.2, 0.25) is 0 Å². The molecule has 0 fully saturated rings. The first-order valence-corrected chi connectivity index (χ1v) is 9.02. The van der Waals surface area contributed by atoms with Crippen molar-refractivity contribution in [3.05, 3.63) is 30.3 Å². The van der Waals surface area contributed by atoms with Crippen LogP contribution in [-0.4, -0.2) is 44.6 Å². The molecule has 0 radical (unpaired) electrons. The molecule has 0 heterocycles. The van der Waals surface area contributed by atoms with Crippen LogP contribution < -0.4 is 21.3 Å². The molecule has 0 aliphatic rings. The van der Waals surface area contributed by atoms with Crippen molar-refractivity contribution in [2.75, 3.05) is 37.6 Å². The van der Waals surface area contributed by atoms with Crippen LogP contribution in [0.4, 0.5) is 5.69 Å². The van der Waals surface area contributed by atoms with Crippen molar-refractivity contribution in [3.63, 3.8) is 0 Å². The number of para-hydroxylation sites is 1. The number of benzene rings is 1. The van der Waals surface area contributed by atoms with Gasteiger partial charge in [-0.25, -0.2) is 0 Å². The van der Waals surface area contributed by atoms with E-state index in [2.05, 4.69) is 51.7 Å². The predicted octanol–water partition coefficient (Wildman–Crippen LogP) is 2.59. The van der Waals surface area contributed by atoms with E-state index in [1.807, 2.05) is 13.0 Å². The summed E-state index contributed by atoms with van der Waals surface area (Å²) < 4.78 is 0. The summed E-state index contributed by atoms with van der Waals surface area (Å²) >= 11 is 0. The van der Waals surface area contributed by atoms with E-state index >= 15 is 0 Å². The number of guanidine groups is 1. The summed E-state index contributed by atoms with van der Waals surface area (Å²) in [6.45, 7) is 11.7. The Morgan fingerprint density at radius 2 is 1.85 bits per heavy atom. The Bertz CT molecular complexity index is 548. The van der Waals surface area contributed by atoms with Crippen molar-refractivity contribution in [2.45, 2.75) is 34.1 Å². The van der Waals surface area contributed by atoms with Crippen molar-refractivity contribution in [2.24, 2.45) is 16.1 Å². The zero-order valence-corrected chi connectivity index (χ0v) is 18.7. The van der Waals surface area contributed by atoms with E-state index in [4.69, 9.17) is 5.73 Å². The van der Waals surface area contributed by atoms with Crippen LogP contribution in [0.15, 0.2) is 35.3 Å². The number of halogens is 1. The van der Waals surface area contributed by atoms with Gasteiger partial charge in [0.15, 0.2) is 5.96 Å². The molecule has 26 heavy (non-hydrogen) atoms. The fourth-order valence-corrected chi connectivity index (χ4v) is 2.28. The SMILES string of the molecule is CCNC(=NCC(C)(C)C(N)=O)NCCCN(CC)c1ccccc1.I. The minimum absolute atomic E-state index is 0. The summed E-state index contributed by atoms with van der Waals surface area (Å²) in [5, 5.41) is 6.52. The number of aliphatic imine (C=N–C) groups is 1. The van der Waals surface area contributed by atoms with Gasteiger partial charge in [0.1, 0.15) is 0 Å². The lowest BCUT2D eigenvalue weighted by molar-refractivity contribution is -0.125. The molecule has 0 saturated carbocycles. The standard InChI is InChI=1S/C19H33N5O.HI/c1-5-21-18(23-15-19(3,4)17(20)25)22-13-10-14-24(6-2)16-11-8-7-9-12-16;/h7-9,11-12H,5-6,10,13-15H2,1-4H3,(H2,20,25)(H2,21,22,23);1H. The number of nitrogens with two attached hydrogens (primary N) is 1. The highest BCUT2D eigenvalue weighted by Crippen LogP contribution is 2.14. The first kappa shape index (κ1) is 24.5. The van der Waals surface area contributed by atoms with Gasteiger partial charge in [0.05, 0.1) is 12.0 Å². The lowest BCUT2D eigenvalue weighted by Gasteiger charge is -2.23. The van der Waals surface area contributed by atoms with Gasteiger partial charge in [0.2, 0.25) is 5.91 Å². The lowest BCUT2D eigenvalue weighted by atomic mass is 9.93. The second kappa shape index (κ2) is 12.8. The van der Waals surface area contributed by atoms with E-state index in [1.54, 1.807) is 13.8 Å². The van der Waals surface area contributed by atoms with E-state index in [0.29, 0.717) is 6.54 Å². The molecule has 148 valence electrons. The third-order valence-corrected chi connectivity index (χ3v) is 4.04. The van der Waals surface area contributed by atoms with Gasteiger partial charge in [0.25, 0.3) is 0 Å². The maximum Gasteiger partial charge on any atom is 0.224 e. The van der Waals surface area contributed by atoms with E-state index in [-0.39, 0.29) is 29.9 Å². The fourth-order valence-electron chi connectivity index (χ4n) is 2.28. The molecule has 7 heteroatoms. The maximum absolute atomic E-state index is 11.4. The predicted molar refractivity (Wildman–Crippen MR) is 121 cm³/mol. The van der Waals surface area contributed by atoms with Crippen LogP contribution in [0.5, 0.6) is 0 Å². The molecule has 0 spiro atoms. The first-order valence-electron chi connectivity index (χ1n) is 9.02. The fraction of sp³-hybridized carbons (Fsp3) is 0.579. The van der Waals surface area contributed by atoms with Gasteiger partial charge in [-0.1, -0.05) is 18.2 Å². The van der Waals surface area contributed by atoms with Crippen molar-refractivity contribution < 1.29 is 4.79 Å². The zero-order valence-electron chi connectivity index (χ0n) is 16.4. The third kappa shape index (κ3) is 8.73. The van der Waals surface area contributed by atoms with Crippen LogP contribution in [0.25, 0.3) is 0 Å². The van der Waals surface area contributed by atoms with Crippen molar-refractivity contribution in [1.82, 2.24) is 10.6 Å². The average Bonchev–Trinajstić information content (AvgIpc) is 2.60. The van der Waals surface area contributed by atoms with Gasteiger partial charge in [-0.05, 0) is 46.2 Å². The Labute approximate surface area is 175 Å². The summed E-state index contributed by atoms with van der Waals surface area (Å²) in [6, 6.07) is 10.4. The van der Waals surface area contributed by atoms with Gasteiger partial charge < -0.3 is 21.3 Å². The highest BCUT2D eigenvalue weighted by Gasteiger charge is 2.24. The van der Waals surface area contributed by atoms with E-state index in [1.165, 1.54) is 5.69 Å². The first-order chi connectivity index (χ1) is 11.9. The van der Waals surface area contributed by atoms with Crippen molar-refractivity contribution >= 4 is 41.5 Å². The van der Waals surface area contributed by atoms with Gasteiger partial charge >= 0.3 is 0 Å². The van der Waals surface area contributed by atoms with Gasteiger partial charge in [-0.2, -0.15) is 0 Å². The molecule has 0 atom stereocenters. The summed E-state index contributed by atoms with van der Waals surface area (Å²) in [5.41, 5.74) is 6.00. The molecule has 1 amide bonds. The number of hydrogen-bond acceptors (Lipinski definition) is 3. The molecular weight excluding hydrogens is 441 g/mol. The highest BCUT2D eigenvalue weighted by atomic mass is 127. The summed E-state index contributed by atoms with van der Waals surface area (Å²) in [6.07, 6.45) is 0.992. The average molecular weight is 475 g/mol.